The van der Waals surface area contributed by atoms with E-state index >= 15 is 0 Å². The highest BCUT2D eigenvalue weighted by Crippen LogP contribution is 2.34. The number of halogens is 1. The van der Waals surface area contributed by atoms with Crippen LogP contribution in [-0.4, -0.2) is 72.5 Å². The summed E-state index contributed by atoms with van der Waals surface area (Å²) in [5.74, 6) is 1.16. The van der Waals surface area contributed by atoms with Gasteiger partial charge in [0, 0.05) is 50.9 Å². The number of aromatic nitrogens is 2. The average Bonchev–Trinajstić information content (AvgIpc) is 3.23. The van der Waals surface area contributed by atoms with Crippen molar-refractivity contribution < 1.29 is 9.53 Å². The van der Waals surface area contributed by atoms with Crippen LogP contribution in [0.2, 0.25) is 4.34 Å². The van der Waals surface area contributed by atoms with E-state index < -0.39 is 0 Å². The lowest BCUT2D eigenvalue weighted by Gasteiger charge is -2.42. The minimum atomic E-state index is 0.115. The Hall–Kier alpha value is -1.77. The van der Waals surface area contributed by atoms with E-state index in [1.807, 2.05) is 33.9 Å². The number of carbonyl (C=O) groups excluding carboxylic acids is 1. The van der Waals surface area contributed by atoms with Crippen molar-refractivity contribution >= 4 is 39.8 Å². The summed E-state index contributed by atoms with van der Waals surface area (Å²) < 4.78 is 6.06. The van der Waals surface area contributed by atoms with Gasteiger partial charge in [0.25, 0.3) is 0 Å². The molecule has 25 heavy (non-hydrogen) atoms. The molecule has 0 radical (unpaired) electrons. The van der Waals surface area contributed by atoms with Crippen LogP contribution in [0.5, 0.6) is 0 Å². The molecule has 2 saturated heterocycles. The second kappa shape index (κ2) is 6.86. The number of hydrogen-bond donors (Lipinski definition) is 1. The lowest BCUT2D eigenvalue weighted by atomic mass is 9.97. The standard InChI is InChI=1S/C16H20ClN5O2S/c1-20(15-3-2-13(17)25-15)14-8-12(18-19-14)11-9-22(10-11)16(23)21-4-6-24-7-5-21/h2-3,8,11H,4-7,9-10H2,1H3,(H,18,19). The van der Waals surface area contributed by atoms with Gasteiger partial charge in [0.2, 0.25) is 0 Å². The molecule has 2 fully saturated rings. The van der Waals surface area contributed by atoms with Crippen molar-refractivity contribution in [3.05, 3.63) is 28.2 Å². The second-order valence-corrected chi connectivity index (χ2v) is 8.00. The first-order chi connectivity index (χ1) is 12.1. The first kappa shape index (κ1) is 16.7. The maximum Gasteiger partial charge on any atom is 0.320 e. The van der Waals surface area contributed by atoms with Gasteiger partial charge in [-0.15, -0.1) is 11.3 Å². The number of carbonyl (C=O) groups is 1. The van der Waals surface area contributed by atoms with E-state index in [1.165, 1.54) is 11.3 Å². The fourth-order valence-electron chi connectivity index (χ4n) is 3.09. The molecule has 2 aliphatic rings. The highest BCUT2D eigenvalue weighted by atomic mass is 35.5. The van der Waals surface area contributed by atoms with E-state index in [0.717, 1.165) is 33.9 Å². The van der Waals surface area contributed by atoms with Gasteiger partial charge in [0.1, 0.15) is 0 Å². The Balaban J connectivity index is 1.35. The number of thiophene rings is 1. The molecule has 2 amide bonds. The van der Waals surface area contributed by atoms with Crippen molar-refractivity contribution in [3.63, 3.8) is 0 Å². The average molecular weight is 382 g/mol. The van der Waals surface area contributed by atoms with E-state index in [0.29, 0.717) is 32.2 Å². The fraction of sp³-hybridized carbons (Fsp3) is 0.500. The number of morpholine rings is 1. The number of hydrogen-bond acceptors (Lipinski definition) is 5. The number of amides is 2. The summed E-state index contributed by atoms with van der Waals surface area (Å²) in [6.45, 7) is 4.08. The van der Waals surface area contributed by atoms with Crippen LogP contribution in [0.3, 0.4) is 0 Å². The number of nitrogens with one attached hydrogen (secondary N) is 1. The van der Waals surface area contributed by atoms with E-state index in [-0.39, 0.29) is 6.03 Å². The molecule has 1 N–H and O–H groups in total. The number of urea groups is 1. The minimum Gasteiger partial charge on any atom is -0.378 e. The van der Waals surface area contributed by atoms with Crippen molar-refractivity contribution in [2.24, 2.45) is 0 Å². The highest BCUT2D eigenvalue weighted by Gasteiger charge is 2.35. The lowest BCUT2D eigenvalue weighted by molar-refractivity contribution is 0.0346. The van der Waals surface area contributed by atoms with Crippen LogP contribution in [0.25, 0.3) is 0 Å². The maximum atomic E-state index is 12.4. The predicted octanol–water partition coefficient (Wildman–Crippen LogP) is 2.74. The Morgan fingerprint density at radius 1 is 1.36 bits per heavy atom. The van der Waals surface area contributed by atoms with Crippen LogP contribution < -0.4 is 4.90 Å². The molecular formula is C16H20ClN5O2S. The molecule has 7 nitrogen and oxygen atoms in total. The number of nitrogens with zero attached hydrogens (tertiary/aromatic N) is 4. The van der Waals surface area contributed by atoms with Gasteiger partial charge < -0.3 is 19.4 Å². The van der Waals surface area contributed by atoms with Crippen LogP contribution in [0.1, 0.15) is 11.6 Å². The van der Waals surface area contributed by atoms with Gasteiger partial charge in [-0.05, 0) is 12.1 Å². The molecule has 2 aromatic heterocycles. The molecule has 4 rings (SSSR count). The third kappa shape index (κ3) is 3.33. The molecular weight excluding hydrogens is 362 g/mol. The largest absolute Gasteiger partial charge is 0.378 e. The minimum absolute atomic E-state index is 0.115. The number of likely N-dealkylation sites (tertiary alicyclic amines) is 1. The van der Waals surface area contributed by atoms with Crippen LogP contribution in [0.15, 0.2) is 18.2 Å². The molecule has 2 aliphatic heterocycles. The molecule has 0 aromatic carbocycles. The maximum absolute atomic E-state index is 12.4. The Morgan fingerprint density at radius 3 is 2.80 bits per heavy atom. The van der Waals surface area contributed by atoms with Crippen LogP contribution in [-0.2, 0) is 4.74 Å². The summed E-state index contributed by atoms with van der Waals surface area (Å²) >= 11 is 7.52. The Kier molecular flexibility index (Phi) is 4.58. The van der Waals surface area contributed by atoms with Crippen molar-refractivity contribution in [2.45, 2.75) is 5.92 Å². The van der Waals surface area contributed by atoms with Crippen molar-refractivity contribution in [2.75, 3.05) is 51.3 Å². The monoisotopic (exact) mass is 381 g/mol. The molecule has 134 valence electrons. The first-order valence-corrected chi connectivity index (χ1v) is 9.47. The first-order valence-electron chi connectivity index (χ1n) is 8.28. The van der Waals surface area contributed by atoms with Gasteiger partial charge >= 0.3 is 6.03 Å². The number of ether oxygens (including phenoxy) is 1. The Bertz CT molecular complexity index is 751. The quantitative estimate of drug-likeness (QED) is 0.887. The summed E-state index contributed by atoms with van der Waals surface area (Å²) in [5, 5.41) is 8.55. The third-order valence-corrected chi connectivity index (χ3v) is 6.00. The van der Waals surface area contributed by atoms with Crippen LogP contribution >= 0.6 is 22.9 Å². The Labute approximate surface area is 155 Å². The van der Waals surface area contributed by atoms with E-state index in [4.69, 9.17) is 16.3 Å². The zero-order chi connectivity index (χ0) is 17.4. The molecule has 0 bridgehead atoms. The zero-order valence-electron chi connectivity index (χ0n) is 13.9. The van der Waals surface area contributed by atoms with Gasteiger partial charge in [-0.25, -0.2) is 4.79 Å². The number of H-pyrrole nitrogens is 1. The molecule has 0 saturated carbocycles. The summed E-state index contributed by atoms with van der Waals surface area (Å²) in [7, 11) is 1.97. The molecule has 0 aliphatic carbocycles. The summed E-state index contributed by atoms with van der Waals surface area (Å²) in [4.78, 5) is 18.2. The molecule has 4 heterocycles. The number of aromatic amines is 1. The topological polar surface area (TPSA) is 64.7 Å². The molecule has 0 spiro atoms. The van der Waals surface area contributed by atoms with Crippen LogP contribution in [0, 0.1) is 0 Å². The summed E-state index contributed by atoms with van der Waals surface area (Å²) in [5.41, 5.74) is 1.07. The van der Waals surface area contributed by atoms with Crippen LogP contribution in [0.4, 0.5) is 15.6 Å². The van der Waals surface area contributed by atoms with Gasteiger partial charge in [-0.1, -0.05) is 11.6 Å². The SMILES string of the molecule is CN(c1cc(C2CN(C(=O)N3CCOCC3)C2)[nH]n1)c1ccc(Cl)s1. The Morgan fingerprint density at radius 2 is 2.12 bits per heavy atom. The third-order valence-electron chi connectivity index (χ3n) is 4.69. The van der Waals surface area contributed by atoms with Gasteiger partial charge in [-0.3, -0.25) is 5.10 Å². The molecule has 9 heteroatoms. The summed E-state index contributed by atoms with van der Waals surface area (Å²) in [6.07, 6.45) is 0. The van der Waals surface area contributed by atoms with E-state index in [1.54, 1.807) is 0 Å². The predicted molar refractivity (Wildman–Crippen MR) is 98.1 cm³/mol. The van der Waals surface area contributed by atoms with Gasteiger partial charge in [-0.2, -0.15) is 5.10 Å². The normalized spacial score (nSPS) is 18.3. The van der Waals surface area contributed by atoms with Crippen molar-refractivity contribution in [1.29, 1.82) is 0 Å². The van der Waals surface area contributed by atoms with Gasteiger partial charge in [0.05, 0.1) is 22.6 Å². The fourth-order valence-corrected chi connectivity index (χ4v) is 4.09. The molecule has 0 atom stereocenters. The number of rotatable bonds is 3. The van der Waals surface area contributed by atoms with Gasteiger partial charge in [0.15, 0.2) is 5.82 Å². The molecule has 2 aromatic rings. The van der Waals surface area contributed by atoms with E-state index in [2.05, 4.69) is 16.3 Å². The second-order valence-electron chi connectivity index (χ2n) is 6.30. The smallest absolute Gasteiger partial charge is 0.320 e. The number of anilines is 2. The zero-order valence-corrected chi connectivity index (χ0v) is 15.5. The summed E-state index contributed by atoms with van der Waals surface area (Å²) in [6, 6.07) is 6.03. The molecule has 0 unspecified atom stereocenters. The van der Waals surface area contributed by atoms with E-state index in [9.17, 15) is 4.79 Å². The van der Waals surface area contributed by atoms with Crippen molar-refractivity contribution in [1.82, 2.24) is 20.0 Å². The van der Waals surface area contributed by atoms with Crippen molar-refractivity contribution in [3.8, 4) is 0 Å². The lowest BCUT2D eigenvalue weighted by Crippen LogP contribution is -2.55. The highest BCUT2D eigenvalue weighted by molar-refractivity contribution is 7.20.